The van der Waals surface area contributed by atoms with Crippen molar-refractivity contribution >= 4 is 19.8 Å². The van der Waals surface area contributed by atoms with Crippen LogP contribution in [-0.2, 0) is 32.7 Å². The van der Waals surface area contributed by atoms with Gasteiger partial charge in [0, 0.05) is 12.8 Å². The number of carbonyl (C=O) groups excluding carboxylic acids is 2. The van der Waals surface area contributed by atoms with Gasteiger partial charge in [-0.25, -0.2) is 4.57 Å². The van der Waals surface area contributed by atoms with Gasteiger partial charge in [-0.2, -0.15) is 0 Å². The number of phosphoric ester groups is 1. The van der Waals surface area contributed by atoms with Crippen LogP contribution >= 0.6 is 7.82 Å². The first-order chi connectivity index (χ1) is 29.3. The molecule has 0 spiro atoms. The van der Waals surface area contributed by atoms with Crippen molar-refractivity contribution in [3.63, 3.8) is 0 Å². The molecule has 10 nitrogen and oxygen atoms in total. The lowest BCUT2D eigenvalue weighted by Gasteiger charge is -2.20. The first-order valence-electron chi connectivity index (χ1n) is 24.1. The highest BCUT2D eigenvalue weighted by Crippen LogP contribution is 2.43. The quantitative estimate of drug-likeness (QED) is 0.0234. The van der Waals surface area contributed by atoms with E-state index in [-0.39, 0.29) is 12.8 Å². The Hall–Kier alpha value is -2.07. The molecule has 0 radical (unpaired) electrons. The van der Waals surface area contributed by atoms with Crippen molar-refractivity contribution in [2.75, 3.05) is 26.4 Å². The number of esters is 2. The maximum absolute atomic E-state index is 12.4. The summed E-state index contributed by atoms with van der Waals surface area (Å²) in [6.45, 7) is 2.09. The Bertz CT molecular complexity index is 1140. The third kappa shape index (κ3) is 42.6. The van der Waals surface area contributed by atoms with Crippen LogP contribution in [0, 0.1) is 0 Å². The Morgan fingerprint density at radius 3 is 1.13 bits per heavy atom. The summed E-state index contributed by atoms with van der Waals surface area (Å²) in [5, 5.41) is 19.2. The monoisotopic (exact) mass is 869 g/mol. The molecule has 0 aromatic heterocycles. The maximum atomic E-state index is 12.4. The van der Waals surface area contributed by atoms with Gasteiger partial charge < -0.3 is 24.6 Å². The van der Waals surface area contributed by atoms with E-state index < -0.39 is 58.4 Å². The van der Waals surface area contributed by atoms with Crippen molar-refractivity contribution in [3.8, 4) is 0 Å². The smallest absolute Gasteiger partial charge is 0.457 e. The third-order valence-corrected chi connectivity index (χ3v) is 11.3. The fourth-order valence-corrected chi connectivity index (χ4v) is 7.42. The van der Waals surface area contributed by atoms with Gasteiger partial charge in [-0.3, -0.25) is 18.6 Å². The van der Waals surface area contributed by atoms with Crippen molar-refractivity contribution in [3.05, 3.63) is 48.6 Å². The number of unbranched alkanes of at least 4 members (excludes halogenated alkanes) is 23. The molecular weight excluding hydrogens is 780 g/mol. The van der Waals surface area contributed by atoms with Gasteiger partial charge in [0.15, 0.2) is 0 Å². The second-order valence-electron chi connectivity index (χ2n) is 16.1. The van der Waals surface area contributed by atoms with E-state index in [0.29, 0.717) is 12.8 Å². The second kappa shape index (κ2) is 45.0. The van der Waals surface area contributed by atoms with Gasteiger partial charge in [-0.15, -0.1) is 0 Å². The zero-order valence-electron chi connectivity index (χ0n) is 38.2. The summed E-state index contributed by atoms with van der Waals surface area (Å²) >= 11 is 0. The van der Waals surface area contributed by atoms with E-state index in [4.69, 9.17) is 18.5 Å². The van der Waals surface area contributed by atoms with E-state index in [1.165, 1.54) is 103 Å². The summed E-state index contributed by atoms with van der Waals surface area (Å²) in [5.41, 5.74) is 0. The topological polar surface area (TPSA) is 149 Å². The van der Waals surface area contributed by atoms with E-state index in [0.717, 1.165) is 70.6 Å². The van der Waals surface area contributed by atoms with E-state index in [1.54, 1.807) is 0 Å². The number of phosphoric acid groups is 1. The van der Waals surface area contributed by atoms with Crippen molar-refractivity contribution < 1.29 is 47.8 Å². The largest absolute Gasteiger partial charge is 0.472 e. The van der Waals surface area contributed by atoms with Crippen LogP contribution in [0.3, 0.4) is 0 Å². The Balaban J connectivity index is 3.88. The van der Waals surface area contributed by atoms with Crippen LogP contribution in [0.25, 0.3) is 0 Å². The number of aliphatic hydroxyl groups excluding tert-OH is 2. The third-order valence-electron chi connectivity index (χ3n) is 10.3. The Labute approximate surface area is 366 Å². The standard InChI is InChI=1S/C49H89O10P/c1-3-5-7-9-11-13-15-17-19-21-22-23-25-27-29-31-33-35-37-39-41-49(53)59-47(43-51)45-57-60(54,55)56-44-46(42-50)58-48(52)40-38-36-34-32-30-28-26-24-20-18-16-14-12-10-8-6-4-2/h6,8,12,14,18,20,26,28,46-47,50-51H,3-5,7,9-11,13,15-17,19,21-25,27,29-45H2,1-2H3,(H,54,55)/b8-6-,14-12-,20-18-,28-26-. The van der Waals surface area contributed by atoms with Crippen LogP contribution in [0.4, 0.5) is 0 Å². The first-order valence-corrected chi connectivity index (χ1v) is 25.6. The predicted molar refractivity (Wildman–Crippen MR) is 247 cm³/mol. The first kappa shape index (κ1) is 57.9. The summed E-state index contributed by atoms with van der Waals surface area (Å²) in [6, 6.07) is 0. The molecule has 0 saturated heterocycles. The minimum Gasteiger partial charge on any atom is -0.457 e. The van der Waals surface area contributed by atoms with Crippen LogP contribution < -0.4 is 0 Å². The molecule has 0 heterocycles. The molecule has 0 amide bonds. The molecule has 0 aliphatic rings. The van der Waals surface area contributed by atoms with Crippen molar-refractivity contribution in [1.29, 1.82) is 0 Å². The molecule has 11 heteroatoms. The van der Waals surface area contributed by atoms with Crippen molar-refractivity contribution in [2.45, 2.75) is 225 Å². The van der Waals surface area contributed by atoms with E-state index in [9.17, 15) is 29.3 Å². The minimum absolute atomic E-state index is 0.164. The molecule has 3 atom stereocenters. The molecule has 0 aliphatic carbocycles. The number of hydrogen-bond donors (Lipinski definition) is 3. The summed E-state index contributed by atoms with van der Waals surface area (Å²) < 4.78 is 32.6. The van der Waals surface area contributed by atoms with Crippen LogP contribution in [0.15, 0.2) is 48.6 Å². The molecule has 60 heavy (non-hydrogen) atoms. The van der Waals surface area contributed by atoms with Gasteiger partial charge in [-0.05, 0) is 51.4 Å². The lowest BCUT2D eigenvalue weighted by Crippen LogP contribution is -2.28. The Morgan fingerprint density at radius 1 is 0.467 bits per heavy atom. The summed E-state index contributed by atoms with van der Waals surface area (Å²) in [5.74, 6) is -1.04. The maximum Gasteiger partial charge on any atom is 0.472 e. The molecule has 0 aliphatic heterocycles. The van der Waals surface area contributed by atoms with Crippen molar-refractivity contribution in [1.82, 2.24) is 0 Å². The predicted octanol–water partition coefficient (Wildman–Crippen LogP) is 13.3. The van der Waals surface area contributed by atoms with Gasteiger partial charge in [0.05, 0.1) is 26.4 Å². The molecular formula is C49H89O10P. The lowest BCUT2D eigenvalue weighted by atomic mass is 10.0. The molecule has 0 saturated carbocycles. The summed E-state index contributed by atoms with van der Waals surface area (Å²) in [7, 11) is -4.65. The number of rotatable bonds is 45. The summed E-state index contributed by atoms with van der Waals surface area (Å²) in [6.07, 6.45) is 49.4. The number of carbonyl (C=O) groups is 2. The van der Waals surface area contributed by atoms with E-state index >= 15 is 0 Å². The lowest BCUT2D eigenvalue weighted by molar-refractivity contribution is -0.153. The zero-order chi connectivity index (χ0) is 44.0. The molecule has 3 N–H and O–H groups in total. The highest BCUT2D eigenvalue weighted by atomic mass is 31.2. The Kier molecular flexibility index (Phi) is 43.4. The van der Waals surface area contributed by atoms with Crippen LogP contribution in [0.1, 0.15) is 213 Å². The molecule has 0 fully saturated rings. The zero-order valence-corrected chi connectivity index (χ0v) is 39.1. The SMILES string of the molecule is CC/C=C\C/C=C\C/C=C\C/C=C\CCCCCCC(=O)OC(CO)COP(=O)(O)OCC(CO)OC(=O)CCCCCCCCCCCCCCCCCCCCCC. The minimum atomic E-state index is -4.65. The summed E-state index contributed by atoms with van der Waals surface area (Å²) in [4.78, 5) is 34.6. The molecule has 0 bridgehead atoms. The fraction of sp³-hybridized carbons (Fsp3) is 0.796. The second-order valence-corrected chi connectivity index (χ2v) is 17.5. The number of ether oxygens (including phenoxy) is 2. The normalized spacial score (nSPS) is 14.2. The number of hydrogen-bond acceptors (Lipinski definition) is 9. The van der Waals surface area contributed by atoms with Gasteiger partial charge in [-0.1, -0.05) is 197 Å². The van der Waals surface area contributed by atoms with E-state index in [1.807, 2.05) is 0 Å². The van der Waals surface area contributed by atoms with Crippen LogP contribution in [0.2, 0.25) is 0 Å². The van der Waals surface area contributed by atoms with Gasteiger partial charge in [0.2, 0.25) is 0 Å². The van der Waals surface area contributed by atoms with E-state index in [2.05, 4.69) is 62.5 Å². The molecule has 0 aromatic carbocycles. The van der Waals surface area contributed by atoms with Crippen LogP contribution in [0.5, 0.6) is 0 Å². The molecule has 0 aromatic rings. The van der Waals surface area contributed by atoms with Gasteiger partial charge in [0.1, 0.15) is 12.2 Å². The molecule has 3 unspecified atom stereocenters. The molecule has 350 valence electrons. The van der Waals surface area contributed by atoms with Crippen LogP contribution in [-0.4, -0.2) is 65.7 Å². The highest BCUT2D eigenvalue weighted by molar-refractivity contribution is 7.47. The van der Waals surface area contributed by atoms with Gasteiger partial charge in [0.25, 0.3) is 0 Å². The molecule has 0 rings (SSSR count). The number of aliphatic hydroxyl groups is 2. The Morgan fingerprint density at radius 2 is 0.783 bits per heavy atom. The highest BCUT2D eigenvalue weighted by Gasteiger charge is 2.27. The van der Waals surface area contributed by atoms with Gasteiger partial charge >= 0.3 is 19.8 Å². The number of allylic oxidation sites excluding steroid dienone is 8. The average Bonchev–Trinajstić information content (AvgIpc) is 3.24. The van der Waals surface area contributed by atoms with Crippen molar-refractivity contribution in [2.24, 2.45) is 0 Å². The average molecular weight is 869 g/mol. The fourth-order valence-electron chi connectivity index (χ4n) is 6.64.